The zero-order valence-corrected chi connectivity index (χ0v) is 27.6. The van der Waals surface area contributed by atoms with E-state index in [2.05, 4.69) is 140 Å². The maximum atomic E-state index is 2.58. The van der Waals surface area contributed by atoms with Gasteiger partial charge in [-0.1, -0.05) is 104 Å². The van der Waals surface area contributed by atoms with Crippen LogP contribution in [0.4, 0.5) is 28.4 Å². The number of benzene rings is 5. The molecule has 45 heavy (non-hydrogen) atoms. The molecule has 3 heterocycles. The Morgan fingerprint density at radius 3 is 2.13 bits per heavy atom. The number of anilines is 5. The molecule has 2 nitrogen and oxygen atoms in total. The number of nitrogens with zero attached hydrogens (tertiary/aromatic N) is 2. The highest BCUT2D eigenvalue weighted by Gasteiger charge is 2.41. The fourth-order valence-electron chi connectivity index (χ4n) is 7.65. The fourth-order valence-corrected chi connectivity index (χ4v) is 10.1. The molecule has 0 saturated heterocycles. The van der Waals surface area contributed by atoms with E-state index in [0.29, 0.717) is 0 Å². The van der Waals surface area contributed by atoms with E-state index in [1.54, 1.807) is 4.91 Å². The number of para-hydroxylation sites is 1. The third-order valence-corrected chi connectivity index (χ3v) is 12.3. The summed E-state index contributed by atoms with van der Waals surface area (Å²) in [7, 11) is 0. The summed E-state index contributed by atoms with van der Waals surface area (Å²) in [6.07, 6.45) is 4.84. The van der Waals surface area contributed by atoms with E-state index in [0.717, 1.165) is 6.42 Å². The van der Waals surface area contributed by atoms with Crippen molar-refractivity contribution in [3.05, 3.63) is 125 Å². The Morgan fingerprint density at radius 2 is 1.29 bits per heavy atom. The second-order valence-electron chi connectivity index (χ2n) is 13.6. The van der Waals surface area contributed by atoms with Crippen molar-refractivity contribution in [2.45, 2.75) is 66.6 Å². The van der Waals surface area contributed by atoms with Crippen LogP contribution in [0.15, 0.2) is 134 Å². The van der Waals surface area contributed by atoms with Crippen LogP contribution >= 0.6 is 23.5 Å². The van der Waals surface area contributed by atoms with E-state index in [4.69, 9.17) is 0 Å². The van der Waals surface area contributed by atoms with Crippen molar-refractivity contribution in [1.29, 1.82) is 0 Å². The molecule has 5 heteroatoms. The van der Waals surface area contributed by atoms with E-state index in [-0.39, 0.29) is 12.1 Å². The van der Waals surface area contributed by atoms with Gasteiger partial charge in [-0.15, -0.1) is 0 Å². The Morgan fingerprint density at radius 1 is 0.578 bits per heavy atom. The number of hydrogen-bond acceptors (Lipinski definition) is 4. The Bertz CT molecular complexity index is 2020. The van der Waals surface area contributed by atoms with Crippen LogP contribution in [0.1, 0.15) is 52.0 Å². The normalized spacial score (nSPS) is 16.5. The van der Waals surface area contributed by atoms with Crippen LogP contribution < -0.4 is 26.2 Å². The number of fused-ring (bicyclic) bond motifs is 5. The van der Waals surface area contributed by atoms with Gasteiger partial charge < -0.3 is 9.80 Å². The zero-order valence-electron chi connectivity index (χ0n) is 26.0. The molecule has 4 aliphatic rings. The standard InChI is InChI=1S/C40H35BN2S2/c1-40(2,3)26-19-21-27(22-20-26)42-33-14-10-18-38-39(33)41(30-11-4-7-15-35(30)44-38)29-24-23-28(25-34(29)42)43-31-12-5-8-16-36(31)45-37-17-9-6-13-32(37)43/h4-5,7-8,10-12,14-16,18-25H,6,9,13,17H2,1-3H3. The fraction of sp³-hybridized carbons (Fsp3) is 0.200. The first-order chi connectivity index (χ1) is 22.0. The zero-order chi connectivity index (χ0) is 30.3. The van der Waals surface area contributed by atoms with Gasteiger partial charge in [0.1, 0.15) is 0 Å². The number of hydrogen-bond donors (Lipinski definition) is 0. The Hall–Kier alpha value is -3.80. The van der Waals surface area contributed by atoms with E-state index in [1.165, 1.54) is 90.0 Å². The summed E-state index contributed by atoms with van der Waals surface area (Å²) in [5, 5.41) is 0. The van der Waals surface area contributed by atoms with Gasteiger partial charge in [-0.3, -0.25) is 0 Å². The first-order valence-corrected chi connectivity index (χ1v) is 17.8. The van der Waals surface area contributed by atoms with Gasteiger partial charge in [-0.25, -0.2) is 0 Å². The van der Waals surface area contributed by atoms with Crippen LogP contribution in [-0.2, 0) is 5.41 Å². The smallest absolute Gasteiger partial charge is 0.249 e. The summed E-state index contributed by atoms with van der Waals surface area (Å²) in [6.45, 7) is 7.08. The predicted molar refractivity (Wildman–Crippen MR) is 195 cm³/mol. The van der Waals surface area contributed by atoms with Gasteiger partial charge in [0.2, 0.25) is 6.71 Å². The second-order valence-corrected chi connectivity index (χ2v) is 15.8. The molecular formula is C40H35BN2S2. The van der Waals surface area contributed by atoms with Crippen LogP contribution in [0.3, 0.4) is 0 Å². The quantitative estimate of drug-likeness (QED) is 0.178. The summed E-state index contributed by atoms with van der Waals surface area (Å²) in [6, 6.07) is 41.5. The van der Waals surface area contributed by atoms with E-state index in [9.17, 15) is 0 Å². The lowest BCUT2D eigenvalue weighted by molar-refractivity contribution is 0.590. The molecule has 0 bridgehead atoms. The Kier molecular flexibility index (Phi) is 6.34. The molecule has 0 aromatic heterocycles. The largest absolute Gasteiger partial charge is 0.312 e. The Labute approximate surface area is 275 Å². The van der Waals surface area contributed by atoms with Crippen molar-refractivity contribution in [3.8, 4) is 0 Å². The summed E-state index contributed by atoms with van der Waals surface area (Å²) >= 11 is 3.90. The summed E-state index contributed by atoms with van der Waals surface area (Å²) in [4.78, 5) is 10.7. The molecule has 9 rings (SSSR count). The van der Waals surface area contributed by atoms with Gasteiger partial charge in [-0.05, 0) is 102 Å². The average molecular weight is 619 g/mol. The molecule has 0 unspecified atom stereocenters. The maximum absolute atomic E-state index is 2.58. The van der Waals surface area contributed by atoms with Crippen molar-refractivity contribution in [3.63, 3.8) is 0 Å². The van der Waals surface area contributed by atoms with Gasteiger partial charge in [0.25, 0.3) is 0 Å². The van der Waals surface area contributed by atoms with Gasteiger partial charge in [-0.2, -0.15) is 0 Å². The molecule has 3 aliphatic heterocycles. The van der Waals surface area contributed by atoms with E-state index < -0.39 is 0 Å². The lowest BCUT2D eigenvalue weighted by atomic mass is 9.35. The number of allylic oxidation sites excluding steroid dienone is 2. The van der Waals surface area contributed by atoms with Crippen LogP contribution in [0.25, 0.3) is 0 Å². The lowest BCUT2D eigenvalue weighted by Gasteiger charge is -2.42. The highest BCUT2D eigenvalue weighted by Crippen LogP contribution is 2.52. The highest BCUT2D eigenvalue weighted by molar-refractivity contribution is 8.03. The predicted octanol–water partition coefficient (Wildman–Crippen LogP) is 9.78. The van der Waals surface area contributed by atoms with Crippen LogP contribution in [-0.4, -0.2) is 6.71 Å². The minimum absolute atomic E-state index is 0.105. The lowest BCUT2D eigenvalue weighted by Crippen LogP contribution is -2.59. The molecule has 0 amide bonds. The van der Waals surface area contributed by atoms with Gasteiger partial charge >= 0.3 is 0 Å². The first-order valence-electron chi connectivity index (χ1n) is 16.2. The van der Waals surface area contributed by atoms with Gasteiger partial charge in [0.05, 0.1) is 5.69 Å². The molecule has 5 aromatic carbocycles. The van der Waals surface area contributed by atoms with Crippen LogP contribution in [0.5, 0.6) is 0 Å². The highest BCUT2D eigenvalue weighted by atomic mass is 32.2. The minimum Gasteiger partial charge on any atom is -0.312 e. The molecular weight excluding hydrogens is 583 g/mol. The van der Waals surface area contributed by atoms with Gasteiger partial charge in [0, 0.05) is 48.0 Å². The second kappa shape index (κ2) is 10.4. The average Bonchev–Trinajstić information content (AvgIpc) is 3.06. The number of thioether (sulfide) groups is 1. The van der Waals surface area contributed by atoms with Crippen LogP contribution in [0, 0.1) is 0 Å². The third-order valence-electron chi connectivity index (χ3n) is 9.84. The van der Waals surface area contributed by atoms with Crippen molar-refractivity contribution in [2.24, 2.45) is 0 Å². The maximum Gasteiger partial charge on any atom is 0.249 e. The SMILES string of the molecule is CC(C)(C)c1ccc(N2c3cc(N4C5=C(CCCC5)Sc5ccccc54)ccc3B3c4ccccc4Sc4cccc2c43)cc1. The minimum atomic E-state index is 0.105. The first kappa shape index (κ1) is 27.5. The monoisotopic (exact) mass is 618 g/mol. The van der Waals surface area contributed by atoms with Gasteiger partial charge in [0.15, 0.2) is 0 Å². The summed E-state index contributed by atoms with van der Waals surface area (Å²) < 4.78 is 0. The third kappa shape index (κ3) is 4.35. The summed E-state index contributed by atoms with van der Waals surface area (Å²) in [5.41, 5.74) is 13.5. The molecule has 0 saturated carbocycles. The molecule has 0 N–H and O–H groups in total. The van der Waals surface area contributed by atoms with Crippen LogP contribution in [0.2, 0.25) is 0 Å². The van der Waals surface area contributed by atoms with E-state index in [1.807, 2.05) is 23.5 Å². The molecule has 0 atom stereocenters. The molecule has 220 valence electrons. The van der Waals surface area contributed by atoms with Crippen molar-refractivity contribution in [1.82, 2.24) is 0 Å². The molecule has 0 fully saturated rings. The van der Waals surface area contributed by atoms with E-state index >= 15 is 0 Å². The van der Waals surface area contributed by atoms with Crippen molar-refractivity contribution >= 4 is 75.1 Å². The molecule has 1 aliphatic carbocycles. The Balaban J connectivity index is 1.29. The number of rotatable bonds is 2. The topological polar surface area (TPSA) is 6.48 Å². The van der Waals surface area contributed by atoms with Crippen molar-refractivity contribution in [2.75, 3.05) is 9.80 Å². The summed E-state index contributed by atoms with van der Waals surface area (Å²) in [5.74, 6) is 0. The van der Waals surface area contributed by atoms with Crippen molar-refractivity contribution < 1.29 is 0 Å². The molecule has 5 aromatic rings. The molecule has 0 radical (unpaired) electrons. The molecule has 0 spiro atoms.